The van der Waals surface area contributed by atoms with E-state index in [-0.39, 0.29) is 23.3 Å². The Labute approximate surface area is 236 Å². The number of carbonyl (C=O) groups excluding carboxylic acids is 2. The number of nitrogens with one attached hydrogen (secondary N) is 2. The number of carbonyl (C=O) groups is 2. The summed E-state index contributed by atoms with van der Waals surface area (Å²) in [4.78, 5) is 30.0. The normalized spacial score (nSPS) is 17.4. The van der Waals surface area contributed by atoms with Crippen molar-refractivity contribution in [2.45, 2.75) is 64.2 Å². The highest BCUT2D eigenvalue weighted by Crippen LogP contribution is 2.43. The number of rotatable bonds is 8. The summed E-state index contributed by atoms with van der Waals surface area (Å²) >= 11 is 0. The van der Waals surface area contributed by atoms with Crippen molar-refractivity contribution in [1.82, 2.24) is 9.80 Å². The van der Waals surface area contributed by atoms with Crippen molar-refractivity contribution in [3.63, 3.8) is 0 Å². The van der Waals surface area contributed by atoms with Gasteiger partial charge in [0.1, 0.15) is 11.5 Å². The largest absolute Gasteiger partial charge is 0.507 e. The number of amides is 2. The Kier molecular flexibility index (Phi) is 9.39. The Morgan fingerprint density at radius 3 is 1.32 bits per heavy atom. The van der Waals surface area contributed by atoms with Crippen LogP contribution in [0.2, 0.25) is 0 Å². The van der Waals surface area contributed by atoms with Gasteiger partial charge in [0.15, 0.2) is 0 Å². The van der Waals surface area contributed by atoms with E-state index in [0.717, 1.165) is 39.3 Å². The second-order valence-electron chi connectivity index (χ2n) is 11.3. The number of anilines is 2. The first-order valence-corrected chi connectivity index (χ1v) is 14.9. The highest BCUT2D eigenvalue weighted by atomic mass is 16.3. The van der Waals surface area contributed by atoms with Crippen LogP contribution in [0.5, 0.6) is 11.5 Å². The van der Waals surface area contributed by atoms with Crippen molar-refractivity contribution < 1.29 is 19.8 Å². The first kappa shape index (κ1) is 28.2. The zero-order chi connectivity index (χ0) is 27.9. The van der Waals surface area contributed by atoms with Crippen LogP contribution in [-0.4, -0.2) is 71.1 Å². The Bertz CT molecular complexity index is 1240. The van der Waals surface area contributed by atoms with E-state index in [2.05, 4.69) is 20.4 Å². The summed E-state index contributed by atoms with van der Waals surface area (Å²) < 4.78 is 0. The van der Waals surface area contributed by atoms with Crippen molar-refractivity contribution >= 4 is 44.7 Å². The number of likely N-dealkylation sites (tertiary alicyclic amines) is 2. The Morgan fingerprint density at radius 1 is 0.575 bits per heavy atom. The minimum atomic E-state index is -0.0654. The number of hydrogen-bond donors (Lipinski definition) is 4. The molecular formula is C32H42N4O4. The van der Waals surface area contributed by atoms with Crippen molar-refractivity contribution in [2.24, 2.45) is 0 Å². The predicted molar refractivity (Wildman–Crippen MR) is 161 cm³/mol. The van der Waals surface area contributed by atoms with Gasteiger partial charge in [0.05, 0.1) is 0 Å². The molecular weight excluding hydrogens is 504 g/mol. The standard InChI is InChI=1S/C32H42N4O4/c37-29(13-19-35-15-5-1-2-6-16-35)33-23-9-11-25-27(21-23)31(39)26-12-10-24(22-28(26)32(25)40)34-30(38)14-20-36-17-7-3-4-8-18-36/h9-12,21-22,39-40H,1-8,13-20H2,(H,33,37)(H,34,38). The Morgan fingerprint density at radius 2 is 0.950 bits per heavy atom. The quantitative estimate of drug-likeness (QED) is 0.210. The smallest absolute Gasteiger partial charge is 0.225 e. The molecule has 2 amide bonds. The summed E-state index contributed by atoms with van der Waals surface area (Å²) in [6.07, 6.45) is 10.6. The van der Waals surface area contributed by atoms with Crippen LogP contribution >= 0.6 is 0 Å². The Hall–Kier alpha value is -3.36. The third-order valence-electron chi connectivity index (χ3n) is 8.33. The molecule has 0 radical (unpaired) electrons. The van der Waals surface area contributed by atoms with Crippen LogP contribution < -0.4 is 10.6 Å². The van der Waals surface area contributed by atoms with E-state index < -0.39 is 0 Å². The van der Waals surface area contributed by atoms with E-state index in [1.165, 1.54) is 51.4 Å². The van der Waals surface area contributed by atoms with Crippen LogP contribution in [0.1, 0.15) is 64.2 Å². The molecule has 0 atom stereocenters. The lowest BCUT2D eigenvalue weighted by Gasteiger charge is -2.19. The van der Waals surface area contributed by atoms with Gasteiger partial charge in [0.2, 0.25) is 11.8 Å². The lowest BCUT2D eigenvalue weighted by atomic mass is 9.99. The van der Waals surface area contributed by atoms with Crippen molar-refractivity contribution in [2.75, 3.05) is 49.9 Å². The molecule has 2 saturated heterocycles. The molecule has 2 aliphatic rings. The molecule has 214 valence electrons. The molecule has 0 unspecified atom stereocenters. The molecule has 40 heavy (non-hydrogen) atoms. The summed E-state index contributed by atoms with van der Waals surface area (Å²) in [7, 11) is 0. The molecule has 0 spiro atoms. The van der Waals surface area contributed by atoms with E-state index in [1.807, 2.05) is 0 Å². The second-order valence-corrected chi connectivity index (χ2v) is 11.3. The molecule has 0 bridgehead atoms. The highest BCUT2D eigenvalue weighted by molar-refractivity contribution is 6.12. The van der Waals surface area contributed by atoms with Gasteiger partial charge in [-0.2, -0.15) is 0 Å². The third kappa shape index (κ3) is 7.04. The number of aromatic hydroxyl groups is 2. The van der Waals surface area contributed by atoms with Crippen LogP contribution in [0, 0.1) is 0 Å². The molecule has 4 N–H and O–H groups in total. The number of fused-ring (bicyclic) bond motifs is 2. The Balaban J connectivity index is 1.25. The number of benzene rings is 3. The molecule has 2 fully saturated rings. The molecule has 0 aromatic heterocycles. The van der Waals surface area contributed by atoms with E-state index >= 15 is 0 Å². The van der Waals surface area contributed by atoms with Crippen molar-refractivity contribution in [3.8, 4) is 11.5 Å². The maximum Gasteiger partial charge on any atom is 0.225 e. The fourth-order valence-corrected chi connectivity index (χ4v) is 6.02. The van der Waals surface area contributed by atoms with Crippen molar-refractivity contribution in [3.05, 3.63) is 36.4 Å². The van der Waals surface area contributed by atoms with Gasteiger partial charge < -0.3 is 30.6 Å². The number of phenolic OH excluding ortho intramolecular Hbond substituents is 2. The number of nitrogens with zero attached hydrogens (tertiary/aromatic N) is 2. The molecule has 0 aliphatic carbocycles. The van der Waals surface area contributed by atoms with Crippen LogP contribution in [0.3, 0.4) is 0 Å². The van der Waals surface area contributed by atoms with E-state index in [9.17, 15) is 19.8 Å². The maximum atomic E-state index is 12.6. The molecule has 2 aliphatic heterocycles. The zero-order valence-electron chi connectivity index (χ0n) is 23.4. The third-order valence-corrected chi connectivity index (χ3v) is 8.33. The molecule has 8 nitrogen and oxygen atoms in total. The first-order chi connectivity index (χ1) is 19.5. The fraction of sp³-hybridized carbons (Fsp3) is 0.500. The van der Waals surface area contributed by atoms with Gasteiger partial charge in [-0.3, -0.25) is 9.59 Å². The predicted octanol–water partition coefficient (Wildman–Crippen LogP) is 5.81. The second kappa shape index (κ2) is 13.3. The van der Waals surface area contributed by atoms with Crippen LogP contribution in [0.25, 0.3) is 21.5 Å². The van der Waals surface area contributed by atoms with Gasteiger partial charge in [0, 0.05) is 58.9 Å². The SMILES string of the molecule is O=C(CCN1CCCCCC1)Nc1ccc2c(O)c3cc(NC(=O)CCN4CCCCCC4)ccc3c(O)c2c1. The minimum Gasteiger partial charge on any atom is -0.507 e. The number of phenols is 2. The van der Waals surface area contributed by atoms with Gasteiger partial charge in [0.25, 0.3) is 0 Å². The first-order valence-electron chi connectivity index (χ1n) is 14.9. The maximum absolute atomic E-state index is 12.6. The van der Waals surface area contributed by atoms with Gasteiger partial charge in [-0.25, -0.2) is 0 Å². The topological polar surface area (TPSA) is 105 Å². The molecule has 8 heteroatoms. The summed E-state index contributed by atoms with van der Waals surface area (Å²) in [6, 6.07) is 10.3. The van der Waals surface area contributed by atoms with Crippen LogP contribution in [0.15, 0.2) is 36.4 Å². The van der Waals surface area contributed by atoms with E-state index in [4.69, 9.17) is 0 Å². The summed E-state index contributed by atoms with van der Waals surface area (Å²) in [5.74, 6) is -0.0707. The number of hydrogen-bond acceptors (Lipinski definition) is 6. The van der Waals surface area contributed by atoms with E-state index in [1.54, 1.807) is 36.4 Å². The average Bonchev–Trinajstić information content (AvgIpc) is 3.39. The summed E-state index contributed by atoms with van der Waals surface area (Å²) in [5.41, 5.74) is 1.16. The molecule has 0 saturated carbocycles. The van der Waals surface area contributed by atoms with Gasteiger partial charge in [-0.1, -0.05) is 25.7 Å². The average molecular weight is 547 g/mol. The summed E-state index contributed by atoms with van der Waals surface area (Å²) in [5, 5.41) is 30.0. The van der Waals surface area contributed by atoms with Gasteiger partial charge in [-0.15, -0.1) is 0 Å². The lowest BCUT2D eigenvalue weighted by molar-refractivity contribution is -0.117. The van der Waals surface area contributed by atoms with Gasteiger partial charge in [-0.05, 0) is 88.3 Å². The highest BCUT2D eigenvalue weighted by Gasteiger charge is 2.17. The molecule has 3 aromatic rings. The van der Waals surface area contributed by atoms with Crippen LogP contribution in [0.4, 0.5) is 11.4 Å². The van der Waals surface area contributed by atoms with Gasteiger partial charge >= 0.3 is 0 Å². The summed E-state index contributed by atoms with van der Waals surface area (Å²) in [6.45, 7) is 5.68. The molecule has 2 heterocycles. The zero-order valence-corrected chi connectivity index (χ0v) is 23.4. The van der Waals surface area contributed by atoms with Crippen molar-refractivity contribution in [1.29, 1.82) is 0 Å². The molecule has 3 aromatic carbocycles. The minimum absolute atomic E-state index is 0.0301. The lowest BCUT2D eigenvalue weighted by Crippen LogP contribution is -2.28. The monoisotopic (exact) mass is 546 g/mol. The fourth-order valence-electron chi connectivity index (χ4n) is 6.02. The van der Waals surface area contributed by atoms with E-state index in [0.29, 0.717) is 45.8 Å². The molecule has 5 rings (SSSR count). The van der Waals surface area contributed by atoms with Crippen LogP contribution in [-0.2, 0) is 9.59 Å².